The lowest BCUT2D eigenvalue weighted by Crippen LogP contribution is -2.30. The molecule has 0 bridgehead atoms. The molecule has 1 aromatic heterocycles. The van der Waals surface area contributed by atoms with Crippen molar-refractivity contribution < 1.29 is 24.5 Å². The summed E-state index contributed by atoms with van der Waals surface area (Å²) in [4.78, 5) is 28.2. The molecule has 1 aliphatic rings. The fourth-order valence-electron chi connectivity index (χ4n) is 2.56. The van der Waals surface area contributed by atoms with Gasteiger partial charge in [0.25, 0.3) is 0 Å². The van der Waals surface area contributed by atoms with Crippen molar-refractivity contribution in [2.45, 2.75) is 13.3 Å². The lowest BCUT2D eigenvalue weighted by Gasteiger charge is -2.23. The second-order valence-electron chi connectivity index (χ2n) is 5.75. The summed E-state index contributed by atoms with van der Waals surface area (Å²) in [6.07, 6.45) is 7.96. The topological polar surface area (TPSA) is 103 Å². The molecule has 1 saturated heterocycles. The van der Waals surface area contributed by atoms with E-state index in [-0.39, 0.29) is 0 Å². The van der Waals surface area contributed by atoms with Gasteiger partial charge in [0.1, 0.15) is 5.75 Å². The Morgan fingerprint density at radius 1 is 1.19 bits per heavy atom. The molecule has 8 heteroatoms. The molecule has 148 valence electrons. The number of anilines is 1. The summed E-state index contributed by atoms with van der Waals surface area (Å²) in [5.74, 6) is -1.66. The Kier molecular flexibility index (Phi) is 10.2. The van der Waals surface area contributed by atoms with E-state index in [2.05, 4.69) is 27.4 Å². The third kappa shape index (κ3) is 9.41. The number of ether oxygens (including phenoxy) is 1. The van der Waals surface area contributed by atoms with E-state index in [9.17, 15) is 9.59 Å². The Hall–Kier alpha value is -2.87. The number of rotatable bonds is 7. The number of hydrogen-bond acceptors (Lipinski definition) is 6. The molecule has 2 N–H and O–H groups in total. The van der Waals surface area contributed by atoms with E-state index in [1.165, 1.54) is 6.42 Å². The summed E-state index contributed by atoms with van der Waals surface area (Å²) in [5.41, 5.74) is 1.16. The summed E-state index contributed by atoms with van der Waals surface area (Å²) >= 11 is 0. The molecule has 1 aromatic rings. The molecule has 0 aromatic carbocycles. The Morgan fingerprint density at radius 3 is 2.48 bits per heavy atom. The molecule has 0 spiro atoms. The van der Waals surface area contributed by atoms with Gasteiger partial charge in [-0.05, 0) is 13.3 Å². The standard InChI is InChI=1S/C15H23N3O.C4H4O4/c1-3-6-17-7-5-8-18(10-9-17)14-11-15(19-4-2)13-16-12-14;5-3(6)1-2-4(7)8/h3,11-13H,1,4-10H2,2H3;1-2H,(H,5,6)(H,7,8)/b;2-1+. The lowest BCUT2D eigenvalue weighted by molar-refractivity contribution is -0.134. The summed E-state index contributed by atoms with van der Waals surface area (Å²) in [6, 6.07) is 2.08. The van der Waals surface area contributed by atoms with Crippen LogP contribution >= 0.6 is 0 Å². The Bertz CT molecular complexity index is 632. The van der Waals surface area contributed by atoms with E-state index in [4.69, 9.17) is 14.9 Å². The molecule has 27 heavy (non-hydrogen) atoms. The molecular weight excluding hydrogens is 350 g/mol. The number of aliphatic carboxylic acids is 2. The number of hydrogen-bond donors (Lipinski definition) is 2. The maximum absolute atomic E-state index is 9.55. The van der Waals surface area contributed by atoms with Crippen molar-refractivity contribution in [3.05, 3.63) is 43.3 Å². The smallest absolute Gasteiger partial charge is 0.328 e. The Morgan fingerprint density at radius 2 is 1.89 bits per heavy atom. The van der Waals surface area contributed by atoms with Crippen LogP contribution in [0.25, 0.3) is 0 Å². The molecule has 2 rings (SSSR count). The van der Waals surface area contributed by atoms with E-state index in [0.717, 1.165) is 44.2 Å². The predicted octanol–water partition coefficient (Wildman–Crippen LogP) is 1.89. The SMILES string of the molecule is C=CCN1CCCN(c2cncc(OCC)c2)CC1.O=C(O)/C=C/C(=O)O. The van der Waals surface area contributed by atoms with Gasteiger partial charge in [-0.2, -0.15) is 0 Å². The number of carbonyl (C=O) groups is 2. The average molecular weight is 377 g/mol. The summed E-state index contributed by atoms with van der Waals surface area (Å²) < 4.78 is 5.52. The fraction of sp³-hybridized carbons (Fsp3) is 0.421. The molecule has 8 nitrogen and oxygen atoms in total. The maximum Gasteiger partial charge on any atom is 0.328 e. The average Bonchev–Trinajstić information content (AvgIpc) is 2.87. The van der Waals surface area contributed by atoms with Crippen molar-refractivity contribution in [3.63, 3.8) is 0 Å². The van der Waals surface area contributed by atoms with Gasteiger partial charge >= 0.3 is 11.9 Å². The summed E-state index contributed by atoms with van der Waals surface area (Å²) in [6.45, 7) is 11.8. The van der Waals surface area contributed by atoms with E-state index in [0.29, 0.717) is 18.8 Å². The molecule has 0 aliphatic carbocycles. The van der Waals surface area contributed by atoms with Gasteiger partial charge in [-0.1, -0.05) is 6.08 Å². The third-order valence-electron chi connectivity index (χ3n) is 3.72. The van der Waals surface area contributed by atoms with Crippen molar-refractivity contribution in [1.29, 1.82) is 0 Å². The van der Waals surface area contributed by atoms with Gasteiger partial charge in [-0.25, -0.2) is 9.59 Å². The minimum atomic E-state index is -1.26. The van der Waals surface area contributed by atoms with Gasteiger partial charge in [0.05, 0.1) is 24.7 Å². The van der Waals surface area contributed by atoms with Crippen LogP contribution in [0.4, 0.5) is 5.69 Å². The highest BCUT2D eigenvalue weighted by Crippen LogP contribution is 2.20. The first-order valence-electron chi connectivity index (χ1n) is 8.76. The van der Waals surface area contributed by atoms with E-state index in [1.54, 1.807) is 6.20 Å². The molecule has 0 radical (unpaired) electrons. The van der Waals surface area contributed by atoms with Crippen molar-refractivity contribution in [2.75, 3.05) is 44.2 Å². The van der Waals surface area contributed by atoms with Crippen LogP contribution in [0.15, 0.2) is 43.3 Å². The Labute approximate surface area is 159 Å². The minimum absolute atomic E-state index is 0.558. The van der Waals surface area contributed by atoms with Crippen LogP contribution in [0.2, 0.25) is 0 Å². The van der Waals surface area contributed by atoms with Gasteiger partial charge in [0.2, 0.25) is 0 Å². The number of pyridine rings is 1. The van der Waals surface area contributed by atoms with E-state index >= 15 is 0 Å². The zero-order chi connectivity index (χ0) is 20.1. The largest absolute Gasteiger partial charge is 0.492 e. The van der Waals surface area contributed by atoms with Crippen LogP contribution in [0.3, 0.4) is 0 Å². The molecule has 0 atom stereocenters. The van der Waals surface area contributed by atoms with Crippen LogP contribution in [0.5, 0.6) is 5.75 Å². The van der Waals surface area contributed by atoms with Gasteiger partial charge in [0.15, 0.2) is 0 Å². The Balaban J connectivity index is 0.000000387. The second-order valence-corrected chi connectivity index (χ2v) is 5.75. The van der Waals surface area contributed by atoms with Crippen LogP contribution in [0.1, 0.15) is 13.3 Å². The lowest BCUT2D eigenvalue weighted by atomic mass is 10.3. The molecule has 0 unspecified atom stereocenters. The molecular formula is C19H27N3O5. The maximum atomic E-state index is 9.55. The fourth-order valence-corrected chi connectivity index (χ4v) is 2.56. The van der Waals surface area contributed by atoms with Crippen molar-refractivity contribution in [1.82, 2.24) is 9.88 Å². The number of nitrogens with zero attached hydrogens (tertiary/aromatic N) is 3. The zero-order valence-corrected chi connectivity index (χ0v) is 15.6. The number of carboxylic acids is 2. The van der Waals surface area contributed by atoms with E-state index < -0.39 is 11.9 Å². The summed E-state index contributed by atoms with van der Waals surface area (Å²) in [5, 5.41) is 15.6. The van der Waals surface area contributed by atoms with Gasteiger partial charge in [-0.15, -0.1) is 6.58 Å². The highest BCUT2D eigenvalue weighted by atomic mass is 16.5. The molecule has 0 amide bonds. The first kappa shape index (κ1) is 22.2. The predicted molar refractivity (Wildman–Crippen MR) is 103 cm³/mol. The van der Waals surface area contributed by atoms with Crippen LogP contribution in [0, 0.1) is 0 Å². The highest BCUT2D eigenvalue weighted by molar-refractivity contribution is 5.89. The minimum Gasteiger partial charge on any atom is -0.492 e. The quantitative estimate of drug-likeness (QED) is 0.548. The van der Waals surface area contributed by atoms with Crippen molar-refractivity contribution in [3.8, 4) is 5.75 Å². The van der Waals surface area contributed by atoms with Crippen LogP contribution < -0.4 is 9.64 Å². The second kappa shape index (κ2) is 12.5. The number of carboxylic acid groups (broad SMARTS) is 2. The van der Waals surface area contributed by atoms with Crippen LogP contribution in [-0.2, 0) is 9.59 Å². The zero-order valence-electron chi connectivity index (χ0n) is 15.6. The van der Waals surface area contributed by atoms with Gasteiger partial charge < -0.3 is 19.8 Å². The van der Waals surface area contributed by atoms with E-state index in [1.807, 2.05) is 19.2 Å². The third-order valence-corrected chi connectivity index (χ3v) is 3.72. The van der Waals surface area contributed by atoms with Gasteiger partial charge in [0, 0.05) is 50.9 Å². The first-order valence-corrected chi connectivity index (χ1v) is 8.76. The first-order chi connectivity index (χ1) is 13.0. The monoisotopic (exact) mass is 377 g/mol. The molecule has 0 saturated carbocycles. The van der Waals surface area contributed by atoms with Crippen LogP contribution in [-0.4, -0.2) is 71.4 Å². The van der Waals surface area contributed by atoms with Crippen molar-refractivity contribution in [2.24, 2.45) is 0 Å². The van der Waals surface area contributed by atoms with Crippen molar-refractivity contribution >= 4 is 17.6 Å². The summed E-state index contributed by atoms with van der Waals surface area (Å²) in [7, 11) is 0. The normalized spacial score (nSPS) is 14.8. The molecule has 2 heterocycles. The molecule has 1 fully saturated rings. The van der Waals surface area contributed by atoms with Gasteiger partial charge in [-0.3, -0.25) is 9.88 Å². The number of aromatic nitrogens is 1. The highest BCUT2D eigenvalue weighted by Gasteiger charge is 2.14. The molecule has 1 aliphatic heterocycles.